The molecule has 0 spiro atoms. The molecule has 0 aliphatic heterocycles. The van der Waals surface area contributed by atoms with Gasteiger partial charge >= 0.3 is 0 Å². The number of rotatable bonds is 9. The van der Waals surface area contributed by atoms with Gasteiger partial charge in [-0.25, -0.2) is 14.6 Å². The number of thioether (sulfide) groups is 1. The van der Waals surface area contributed by atoms with E-state index < -0.39 is 0 Å². The van der Waals surface area contributed by atoms with Crippen LogP contribution < -0.4 is 10.6 Å². The second-order valence-electron chi connectivity index (χ2n) is 6.40. The van der Waals surface area contributed by atoms with E-state index in [2.05, 4.69) is 39.5 Å². The van der Waals surface area contributed by atoms with Crippen LogP contribution in [-0.4, -0.2) is 44.5 Å². The van der Waals surface area contributed by atoms with Crippen LogP contribution in [0.15, 0.2) is 21.8 Å². The predicted molar refractivity (Wildman–Crippen MR) is 111 cm³/mol. The molecule has 0 aliphatic carbocycles. The summed E-state index contributed by atoms with van der Waals surface area (Å²) in [6.45, 7) is 9.61. The number of nitrogens with zero attached hydrogens (tertiary/aromatic N) is 4. The van der Waals surface area contributed by atoms with Gasteiger partial charge in [-0.2, -0.15) is 5.10 Å². The molecule has 0 saturated heterocycles. The molecule has 0 fully saturated rings. The molecule has 9 heteroatoms. The van der Waals surface area contributed by atoms with Gasteiger partial charge in [0.1, 0.15) is 17.3 Å². The molecule has 0 atom stereocenters. The number of hydrogen-bond donors (Lipinski definition) is 2. The third-order valence-electron chi connectivity index (χ3n) is 4.19. The highest BCUT2D eigenvalue weighted by Crippen LogP contribution is 2.24. The van der Waals surface area contributed by atoms with Crippen LogP contribution in [0.2, 0.25) is 0 Å². The maximum absolute atomic E-state index is 12.3. The van der Waals surface area contributed by atoms with Crippen LogP contribution in [0, 0.1) is 13.8 Å². The minimum absolute atomic E-state index is 0.145. The molecular formula is C19H26N6O2S. The van der Waals surface area contributed by atoms with Crippen LogP contribution in [0.4, 0.5) is 5.82 Å². The summed E-state index contributed by atoms with van der Waals surface area (Å²) < 4.78 is 7.23. The molecule has 3 aromatic heterocycles. The molecule has 1 amide bonds. The molecule has 3 aromatic rings. The second kappa shape index (κ2) is 9.09. The van der Waals surface area contributed by atoms with Gasteiger partial charge in [-0.1, -0.05) is 25.6 Å². The summed E-state index contributed by atoms with van der Waals surface area (Å²) in [5.41, 5.74) is 1.34. The molecule has 0 radical (unpaired) electrons. The standard InChI is InChI=1S/C19H26N6O2S/c1-5-7-20-16-15-11-22-25(17(15)24-19(23-16)28-6-2)9-8-21-18(26)14-10-12(3)27-13(14)4/h10-11H,5-9H2,1-4H3,(H,21,26)(H,20,23,24). The molecular weight excluding hydrogens is 376 g/mol. The molecule has 3 rings (SSSR count). The van der Waals surface area contributed by atoms with E-state index in [4.69, 9.17) is 4.42 Å². The van der Waals surface area contributed by atoms with Gasteiger partial charge in [0.2, 0.25) is 0 Å². The average molecular weight is 403 g/mol. The molecule has 2 N–H and O–H groups in total. The first kappa shape index (κ1) is 20.2. The zero-order valence-corrected chi connectivity index (χ0v) is 17.5. The molecule has 0 aliphatic rings. The molecule has 0 unspecified atom stereocenters. The van der Waals surface area contributed by atoms with Gasteiger partial charge in [-0.3, -0.25) is 4.79 Å². The van der Waals surface area contributed by atoms with Gasteiger partial charge in [-0.15, -0.1) is 0 Å². The number of aryl methyl sites for hydroxylation is 2. The summed E-state index contributed by atoms with van der Waals surface area (Å²) in [5, 5.41) is 12.3. The summed E-state index contributed by atoms with van der Waals surface area (Å²) in [7, 11) is 0. The number of carbonyl (C=O) groups is 1. The van der Waals surface area contributed by atoms with E-state index in [1.54, 1.807) is 30.9 Å². The first-order valence-electron chi connectivity index (χ1n) is 9.48. The van der Waals surface area contributed by atoms with E-state index in [-0.39, 0.29) is 5.91 Å². The third-order valence-corrected chi connectivity index (χ3v) is 4.92. The summed E-state index contributed by atoms with van der Waals surface area (Å²) in [6.07, 6.45) is 2.79. The average Bonchev–Trinajstić information content (AvgIpc) is 3.22. The number of amides is 1. The van der Waals surface area contributed by atoms with Crippen molar-refractivity contribution in [2.45, 2.75) is 45.8 Å². The highest BCUT2D eigenvalue weighted by atomic mass is 32.2. The van der Waals surface area contributed by atoms with Crippen LogP contribution in [0.3, 0.4) is 0 Å². The first-order chi connectivity index (χ1) is 13.5. The van der Waals surface area contributed by atoms with Gasteiger partial charge in [-0.05, 0) is 32.1 Å². The molecule has 0 bridgehead atoms. The van der Waals surface area contributed by atoms with E-state index in [0.29, 0.717) is 24.4 Å². The highest BCUT2D eigenvalue weighted by Gasteiger charge is 2.15. The van der Waals surface area contributed by atoms with Crippen molar-refractivity contribution in [3.8, 4) is 0 Å². The number of fused-ring (bicyclic) bond motifs is 1. The Morgan fingerprint density at radius 3 is 2.75 bits per heavy atom. The minimum Gasteiger partial charge on any atom is -0.466 e. The minimum atomic E-state index is -0.145. The topological polar surface area (TPSA) is 97.9 Å². The SMILES string of the molecule is CCCNc1nc(SCC)nc2c1cnn2CCNC(=O)c1cc(C)oc1C. The summed E-state index contributed by atoms with van der Waals surface area (Å²) in [5.74, 6) is 2.91. The van der Waals surface area contributed by atoms with Crippen LogP contribution in [-0.2, 0) is 6.54 Å². The van der Waals surface area contributed by atoms with Crippen molar-refractivity contribution in [2.24, 2.45) is 0 Å². The monoisotopic (exact) mass is 402 g/mol. The Balaban J connectivity index is 1.74. The van der Waals surface area contributed by atoms with Crippen LogP contribution in [0.5, 0.6) is 0 Å². The van der Waals surface area contributed by atoms with E-state index in [1.807, 2.05) is 11.6 Å². The van der Waals surface area contributed by atoms with Crippen LogP contribution in [0.25, 0.3) is 11.0 Å². The van der Waals surface area contributed by atoms with Gasteiger partial charge < -0.3 is 15.1 Å². The number of hydrogen-bond acceptors (Lipinski definition) is 7. The number of carbonyl (C=O) groups excluding carboxylic acids is 1. The Kier molecular flexibility index (Phi) is 6.56. The predicted octanol–water partition coefficient (Wildman–Crippen LogP) is 3.40. The van der Waals surface area contributed by atoms with Crippen molar-refractivity contribution >= 4 is 34.5 Å². The summed E-state index contributed by atoms with van der Waals surface area (Å²) >= 11 is 1.60. The fourth-order valence-corrected chi connectivity index (χ4v) is 3.46. The van der Waals surface area contributed by atoms with Gasteiger partial charge in [0.25, 0.3) is 5.91 Å². The van der Waals surface area contributed by atoms with Crippen molar-refractivity contribution in [1.29, 1.82) is 0 Å². The van der Waals surface area contributed by atoms with Crippen molar-refractivity contribution in [1.82, 2.24) is 25.1 Å². The van der Waals surface area contributed by atoms with Crippen molar-refractivity contribution < 1.29 is 9.21 Å². The smallest absolute Gasteiger partial charge is 0.254 e. The Bertz CT molecular complexity index is 965. The number of furan rings is 1. The Morgan fingerprint density at radius 2 is 2.07 bits per heavy atom. The maximum atomic E-state index is 12.3. The normalized spacial score (nSPS) is 11.1. The zero-order chi connectivity index (χ0) is 20.1. The molecule has 8 nitrogen and oxygen atoms in total. The lowest BCUT2D eigenvalue weighted by molar-refractivity contribution is 0.0950. The van der Waals surface area contributed by atoms with Gasteiger partial charge in [0, 0.05) is 13.1 Å². The largest absolute Gasteiger partial charge is 0.466 e. The fourth-order valence-electron chi connectivity index (χ4n) is 2.90. The maximum Gasteiger partial charge on any atom is 0.254 e. The summed E-state index contributed by atoms with van der Waals surface area (Å²) in [6, 6.07) is 1.75. The van der Waals surface area contributed by atoms with Crippen LogP contribution >= 0.6 is 11.8 Å². The van der Waals surface area contributed by atoms with Crippen LogP contribution in [0.1, 0.15) is 42.1 Å². The molecule has 0 saturated carbocycles. The number of aromatic nitrogens is 4. The van der Waals surface area contributed by atoms with Gasteiger partial charge in [0.05, 0.1) is 23.7 Å². The second-order valence-corrected chi connectivity index (χ2v) is 7.63. The first-order valence-corrected chi connectivity index (χ1v) is 10.5. The van der Waals surface area contributed by atoms with Gasteiger partial charge in [0.15, 0.2) is 10.8 Å². The fraction of sp³-hybridized carbons (Fsp3) is 0.474. The highest BCUT2D eigenvalue weighted by molar-refractivity contribution is 7.99. The van der Waals surface area contributed by atoms with Crippen molar-refractivity contribution in [3.63, 3.8) is 0 Å². The Labute approximate surface area is 168 Å². The lowest BCUT2D eigenvalue weighted by atomic mass is 10.2. The van der Waals surface area contributed by atoms with E-state index in [1.165, 1.54) is 0 Å². The molecule has 0 aromatic carbocycles. The third kappa shape index (κ3) is 4.46. The molecule has 28 heavy (non-hydrogen) atoms. The van der Waals surface area contributed by atoms with Crippen molar-refractivity contribution in [3.05, 3.63) is 29.3 Å². The van der Waals surface area contributed by atoms with E-state index >= 15 is 0 Å². The molecule has 150 valence electrons. The number of anilines is 1. The lowest BCUT2D eigenvalue weighted by Crippen LogP contribution is -2.27. The quantitative estimate of drug-likeness (QED) is 0.418. The Hall–Kier alpha value is -2.55. The number of nitrogens with one attached hydrogen (secondary N) is 2. The zero-order valence-electron chi connectivity index (χ0n) is 16.7. The Morgan fingerprint density at radius 1 is 1.25 bits per heavy atom. The summed E-state index contributed by atoms with van der Waals surface area (Å²) in [4.78, 5) is 21.6. The molecule has 3 heterocycles. The van der Waals surface area contributed by atoms with E-state index in [9.17, 15) is 4.79 Å². The van der Waals surface area contributed by atoms with Crippen molar-refractivity contribution in [2.75, 3.05) is 24.2 Å². The van der Waals surface area contributed by atoms with E-state index in [0.717, 1.165) is 46.5 Å². The lowest BCUT2D eigenvalue weighted by Gasteiger charge is -2.09.